The molecule has 8 heteroatoms. The number of hydrogen-bond donors (Lipinski definition) is 1. The Morgan fingerprint density at radius 3 is 2.52 bits per heavy atom. The van der Waals surface area contributed by atoms with Crippen LogP contribution in [-0.2, 0) is 4.74 Å². The first-order valence-electron chi connectivity index (χ1n) is 9.55. The van der Waals surface area contributed by atoms with Crippen LogP contribution in [0.2, 0.25) is 0 Å². The predicted molar refractivity (Wildman–Crippen MR) is 105 cm³/mol. The summed E-state index contributed by atoms with van der Waals surface area (Å²) in [6.07, 6.45) is -0.775. The molecule has 152 valence electrons. The highest BCUT2D eigenvalue weighted by Crippen LogP contribution is 2.32. The number of nitrogens with zero attached hydrogens (tertiary/aromatic N) is 3. The van der Waals surface area contributed by atoms with Crippen LogP contribution < -0.4 is 10.2 Å². The molecule has 0 atom stereocenters. The van der Waals surface area contributed by atoms with Gasteiger partial charge in [-0.2, -0.15) is 0 Å². The fourth-order valence-corrected chi connectivity index (χ4v) is 3.45. The van der Waals surface area contributed by atoms with E-state index < -0.39 is 6.36 Å². The van der Waals surface area contributed by atoms with E-state index in [0.29, 0.717) is 29.9 Å². The second kappa shape index (κ2) is 8.24. The highest BCUT2D eigenvalue weighted by atomic mass is 19.4. The lowest BCUT2D eigenvalue weighted by atomic mass is 10.0. The first-order chi connectivity index (χ1) is 14.0. The van der Waals surface area contributed by atoms with Gasteiger partial charge in [0.25, 0.3) is 0 Å². The molecule has 1 N–H and O–H groups in total. The quantitative estimate of drug-likeness (QED) is 0.833. The van der Waals surface area contributed by atoms with Gasteiger partial charge in [0.15, 0.2) is 5.82 Å². The first-order valence-corrected chi connectivity index (χ1v) is 9.55. The number of ether oxygens (including phenoxy) is 1. The number of aromatic nitrogens is 2. The third-order valence-corrected chi connectivity index (χ3v) is 4.82. The van der Waals surface area contributed by atoms with Gasteiger partial charge in [-0.15, -0.1) is 13.2 Å². The molecule has 0 spiro atoms. The number of hydrogen-bond acceptors (Lipinski definition) is 5. The number of rotatable bonds is 4. The standard InChI is InChI=1S/C21H21F3N4O/c22-21(23,24)29-17-8-4-7-16(13-17)18-14-19(28-11-9-25-10-12-28)27-20(26-18)15-5-2-1-3-6-15/h1-3,5-6,8,13-14,25H,4,7,9-12H2. The van der Waals surface area contributed by atoms with Crippen LogP contribution in [0.25, 0.3) is 17.0 Å². The summed E-state index contributed by atoms with van der Waals surface area (Å²) in [5.41, 5.74) is 2.20. The summed E-state index contributed by atoms with van der Waals surface area (Å²) in [5, 5.41) is 3.31. The summed E-state index contributed by atoms with van der Waals surface area (Å²) in [7, 11) is 0. The topological polar surface area (TPSA) is 50.3 Å². The molecule has 0 amide bonds. The lowest BCUT2D eigenvalue weighted by Gasteiger charge is -2.29. The van der Waals surface area contributed by atoms with E-state index >= 15 is 0 Å². The molecule has 1 aliphatic carbocycles. The normalized spacial score (nSPS) is 17.6. The van der Waals surface area contributed by atoms with Gasteiger partial charge in [-0.25, -0.2) is 9.97 Å². The Balaban J connectivity index is 1.73. The number of halogens is 3. The van der Waals surface area contributed by atoms with Crippen LogP contribution in [0.3, 0.4) is 0 Å². The second-order valence-electron chi connectivity index (χ2n) is 6.90. The van der Waals surface area contributed by atoms with E-state index in [-0.39, 0.29) is 5.76 Å². The molecule has 5 nitrogen and oxygen atoms in total. The number of benzene rings is 1. The van der Waals surface area contributed by atoms with Crippen LogP contribution in [0.15, 0.2) is 54.3 Å². The summed E-state index contributed by atoms with van der Waals surface area (Å²) in [6, 6.07) is 11.4. The smallest absolute Gasteiger partial charge is 0.406 e. The Morgan fingerprint density at radius 2 is 1.79 bits per heavy atom. The molecule has 0 bridgehead atoms. The molecule has 1 aliphatic heterocycles. The van der Waals surface area contributed by atoms with Crippen molar-refractivity contribution in [2.24, 2.45) is 0 Å². The van der Waals surface area contributed by atoms with Gasteiger partial charge in [-0.3, -0.25) is 0 Å². The molecular weight excluding hydrogens is 381 g/mol. The number of alkyl halides is 3. The number of nitrogens with one attached hydrogen (secondary N) is 1. The Kier molecular flexibility index (Phi) is 5.53. The van der Waals surface area contributed by atoms with Gasteiger partial charge < -0.3 is 15.0 Å². The molecule has 1 fully saturated rings. The summed E-state index contributed by atoms with van der Waals surface area (Å²) < 4.78 is 42.0. The number of anilines is 1. The van der Waals surface area contributed by atoms with Crippen LogP contribution >= 0.6 is 0 Å². The molecule has 1 saturated heterocycles. The fraction of sp³-hybridized carbons (Fsp3) is 0.333. The maximum atomic E-state index is 12.6. The monoisotopic (exact) mass is 402 g/mol. The molecule has 1 aromatic carbocycles. The Morgan fingerprint density at radius 1 is 1.03 bits per heavy atom. The maximum absolute atomic E-state index is 12.6. The van der Waals surface area contributed by atoms with Gasteiger partial charge in [-0.05, 0) is 30.6 Å². The SMILES string of the molecule is FC(F)(F)OC1=CCCC(c2cc(N3CCNCC3)nc(-c3ccccc3)n2)=C1. The van der Waals surface area contributed by atoms with Crippen molar-refractivity contribution in [1.29, 1.82) is 0 Å². The average molecular weight is 402 g/mol. The average Bonchev–Trinajstić information content (AvgIpc) is 2.74. The minimum absolute atomic E-state index is 0.192. The minimum Gasteiger partial charge on any atom is -0.406 e. The Labute approximate surface area is 166 Å². The van der Waals surface area contributed by atoms with Crippen molar-refractivity contribution in [3.05, 3.63) is 60.0 Å². The molecule has 1 aromatic heterocycles. The van der Waals surface area contributed by atoms with E-state index in [1.54, 1.807) is 0 Å². The second-order valence-corrected chi connectivity index (χ2v) is 6.90. The van der Waals surface area contributed by atoms with E-state index in [1.165, 1.54) is 12.2 Å². The van der Waals surface area contributed by atoms with E-state index in [4.69, 9.17) is 4.98 Å². The van der Waals surface area contributed by atoms with Crippen molar-refractivity contribution in [2.75, 3.05) is 31.1 Å². The molecule has 0 unspecified atom stereocenters. The molecule has 2 heterocycles. The molecule has 2 aliphatic rings. The summed E-state index contributed by atoms with van der Waals surface area (Å²) in [4.78, 5) is 11.6. The lowest BCUT2D eigenvalue weighted by Crippen LogP contribution is -2.44. The fourth-order valence-electron chi connectivity index (χ4n) is 3.45. The van der Waals surface area contributed by atoms with E-state index in [1.807, 2.05) is 36.4 Å². The van der Waals surface area contributed by atoms with Crippen LogP contribution in [0.5, 0.6) is 0 Å². The molecule has 0 saturated carbocycles. The van der Waals surface area contributed by atoms with Crippen LogP contribution in [0.4, 0.5) is 19.0 Å². The molecule has 0 radical (unpaired) electrons. The van der Waals surface area contributed by atoms with Crippen LogP contribution in [0.1, 0.15) is 18.5 Å². The van der Waals surface area contributed by atoms with E-state index in [2.05, 4.69) is 19.9 Å². The maximum Gasteiger partial charge on any atom is 0.573 e. The van der Waals surface area contributed by atoms with Crippen LogP contribution in [-0.4, -0.2) is 42.5 Å². The number of allylic oxidation sites excluding steroid dienone is 3. The van der Waals surface area contributed by atoms with Crippen molar-refractivity contribution in [3.63, 3.8) is 0 Å². The van der Waals surface area contributed by atoms with Crippen molar-refractivity contribution in [3.8, 4) is 11.4 Å². The lowest BCUT2D eigenvalue weighted by molar-refractivity contribution is -0.303. The molecule has 29 heavy (non-hydrogen) atoms. The zero-order valence-electron chi connectivity index (χ0n) is 15.7. The van der Waals surface area contributed by atoms with Gasteiger partial charge in [0.05, 0.1) is 5.69 Å². The van der Waals surface area contributed by atoms with Crippen molar-refractivity contribution in [1.82, 2.24) is 15.3 Å². The Bertz CT molecular complexity index is 919. The van der Waals surface area contributed by atoms with Gasteiger partial charge in [0.1, 0.15) is 11.6 Å². The van der Waals surface area contributed by atoms with Gasteiger partial charge >= 0.3 is 6.36 Å². The van der Waals surface area contributed by atoms with Crippen molar-refractivity contribution < 1.29 is 17.9 Å². The zero-order valence-corrected chi connectivity index (χ0v) is 15.7. The minimum atomic E-state index is -4.71. The summed E-state index contributed by atoms with van der Waals surface area (Å²) >= 11 is 0. The third-order valence-electron chi connectivity index (χ3n) is 4.82. The van der Waals surface area contributed by atoms with Gasteiger partial charge in [-0.1, -0.05) is 30.3 Å². The van der Waals surface area contributed by atoms with E-state index in [0.717, 1.165) is 37.6 Å². The first kappa shape index (κ1) is 19.4. The van der Waals surface area contributed by atoms with E-state index in [9.17, 15) is 13.2 Å². The zero-order chi connectivity index (χ0) is 20.3. The largest absolute Gasteiger partial charge is 0.573 e. The van der Waals surface area contributed by atoms with Crippen molar-refractivity contribution in [2.45, 2.75) is 19.2 Å². The highest BCUT2D eigenvalue weighted by Gasteiger charge is 2.32. The van der Waals surface area contributed by atoms with Crippen molar-refractivity contribution >= 4 is 11.4 Å². The number of piperazine rings is 1. The van der Waals surface area contributed by atoms with Gasteiger partial charge in [0.2, 0.25) is 0 Å². The summed E-state index contributed by atoms with van der Waals surface area (Å²) in [6.45, 7) is 3.34. The molecule has 2 aromatic rings. The Hall–Kier alpha value is -2.87. The molecular formula is C21H21F3N4O. The highest BCUT2D eigenvalue weighted by molar-refractivity contribution is 5.71. The van der Waals surface area contributed by atoms with Crippen LogP contribution in [0, 0.1) is 0 Å². The molecule has 4 rings (SSSR count). The predicted octanol–water partition coefficient (Wildman–Crippen LogP) is 4.15. The van der Waals surface area contributed by atoms with Gasteiger partial charge in [0, 0.05) is 37.8 Å². The third kappa shape index (κ3) is 4.95. The summed E-state index contributed by atoms with van der Waals surface area (Å²) in [5.74, 6) is 1.15.